The van der Waals surface area contributed by atoms with Crippen LogP contribution in [0.4, 0.5) is 5.69 Å². The third-order valence-electron chi connectivity index (χ3n) is 8.49. The van der Waals surface area contributed by atoms with E-state index in [4.69, 9.17) is 14.5 Å². The van der Waals surface area contributed by atoms with Crippen molar-refractivity contribution in [1.82, 2.24) is 9.97 Å². The van der Waals surface area contributed by atoms with Gasteiger partial charge in [0, 0.05) is 24.8 Å². The standard InChI is InChI=1S/C27H33N3O5/c31-25(28-21-3-1-2-20(11-21)26(32)33)23-22(29-24(30-23)19-4-6-34-7-5-19)15-35-27-12-16-8-17(13-27)10-18(9-16)14-27/h1-3,11,16-19H,4-10,12-15H2,(H,28,31)(H,29,30)(H,32,33). The van der Waals surface area contributed by atoms with Crippen LogP contribution in [0, 0.1) is 17.8 Å². The van der Waals surface area contributed by atoms with Crippen LogP contribution < -0.4 is 5.32 Å². The van der Waals surface area contributed by atoms with Gasteiger partial charge in [0.1, 0.15) is 5.82 Å². The Morgan fingerprint density at radius 3 is 2.46 bits per heavy atom. The highest BCUT2D eigenvalue weighted by Crippen LogP contribution is 2.57. The van der Waals surface area contributed by atoms with Gasteiger partial charge in [0.25, 0.3) is 5.91 Å². The first kappa shape index (κ1) is 22.7. The zero-order chi connectivity index (χ0) is 24.0. The Kier molecular flexibility index (Phi) is 5.89. The van der Waals surface area contributed by atoms with Crippen molar-refractivity contribution in [3.8, 4) is 0 Å². The number of ether oxygens (including phenoxy) is 2. The molecule has 35 heavy (non-hydrogen) atoms. The number of rotatable bonds is 7. The molecule has 0 radical (unpaired) electrons. The predicted octanol–water partition coefficient (Wildman–Crippen LogP) is 4.74. The lowest BCUT2D eigenvalue weighted by molar-refractivity contribution is -0.169. The van der Waals surface area contributed by atoms with Crippen molar-refractivity contribution in [2.75, 3.05) is 18.5 Å². The van der Waals surface area contributed by atoms with E-state index in [0.29, 0.717) is 36.9 Å². The first-order valence-electron chi connectivity index (χ1n) is 12.9. The molecule has 186 valence electrons. The van der Waals surface area contributed by atoms with Crippen molar-refractivity contribution in [3.63, 3.8) is 0 Å². The minimum Gasteiger partial charge on any atom is -0.478 e. The molecule has 4 aliphatic carbocycles. The molecule has 0 spiro atoms. The summed E-state index contributed by atoms with van der Waals surface area (Å²) < 4.78 is 12.2. The fourth-order valence-electron chi connectivity index (χ4n) is 7.24. The Hall–Kier alpha value is -2.71. The van der Waals surface area contributed by atoms with Crippen LogP contribution in [0.15, 0.2) is 24.3 Å². The van der Waals surface area contributed by atoms with E-state index in [9.17, 15) is 14.7 Å². The van der Waals surface area contributed by atoms with E-state index in [1.807, 2.05) is 0 Å². The second-order valence-corrected chi connectivity index (χ2v) is 11.1. The van der Waals surface area contributed by atoms with E-state index in [2.05, 4.69) is 10.3 Å². The van der Waals surface area contributed by atoms with Gasteiger partial charge in [0.15, 0.2) is 5.69 Å². The highest BCUT2D eigenvalue weighted by Gasteiger charge is 2.51. The number of carbonyl (C=O) groups excluding carboxylic acids is 1. The average molecular weight is 480 g/mol. The van der Waals surface area contributed by atoms with E-state index >= 15 is 0 Å². The maximum absolute atomic E-state index is 13.3. The SMILES string of the molecule is O=C(O)c1cccc(NC(=O)c2nc(C3CCOCC3)[nH]c2COC23CC4CC(CC(C4)C2)C3)c1. The minimum atomic E-state index is -1.03. The summed E-state index contributed by atoms with van der Waals surface area (Å²) in [6.45, 7) is 1.71. The van der Waals surface area contributed by atoms with Gasteiger partial charge in [-0.1, -0.05) is 6.07 Å². The van der Waals surface area contributed by atoms with Crippen molar-refractivity contribution >= 4 is 17.6 Å². The van der Waals surface area contributed by atoms with Crippen LogP contribution in [0.25, 0.3) is 0 Å². The van der Waals surface area contributed by atoms with Gasteiger partial charge in [-0.05, 0) is 87.3 Å². The molecule has 1 aliphatic heterocycles. The lowest BCUT2D eigenvalue weighted by Gasteiger charge is -2.56. The number of aromatic carboxylic acids is 1. The summed E-state index contributed by atoms with van der Waals surface area (Å²) in [5.41, 5.74) is 1.52. The number of hydrogen-bond donors (Lipinski definition) is 3. The van der Waals surface area contributed by atoms with Gasteiger partial charge < -0.3 is 24.9 Å². The monoisotopic (exact) mass is 479 g/mol. The van der Waals surface area contributed by atoms with Gasteiger partial charge in [-0.2, -0.15) is 0 Å². The van der Waals surface area contributed by atoms with Crippen LogP contribution in [-0.4, -0.2) is 45.8 Å². The molecule has 5 fully saturated rings. The second-order valence-electron chi connectivity index (χ2n) is 11.1. The number of carboxylic acid groups (broad SMARTS) is 1. The molecule has 8 heteroatoms. The number of amides is 1. The molecule has 2 heterocycles. The third kappa shape index (κ3) is 4.61. The zero-order valence-electron chi connectivity index (χ0n) is 19.9. The highest BCUT2D eigenvalue weighted by atomic mass is 16.5. The van der Waals surface area contributed by atoms with Crippen molar-refractivity contribution in [1.29, 1.82) is 0 Å². The quantitative estimate of drug-likeness (QED) is 0.529. The number of hydrogen-bond acceptors (Lipinski definition) is 5. The summed E-state index contributed by atoms with van der Waals surface area (Å²) in [6.07, 6.45) is 9.17. The first-order valence-corrected chi connectivity index (χ1v) is 12.9. The van der Waals surface area contributed by atoms with Crippen molar-refractivity contribution in [2.45, 2.75) is 69.5 Å². The van der Waals surface area contributed by atoms with E-state index in [-0.39, 0.29) is 23.0 Å². The number of H-pyrrole nitrogens is 1. The maximum atomic E-state index is 13.3. The van der Waals surface area contributed by atoms with Crippen LogP contribution in [0.2, 0.25) is 0 Å². The second kappa shape index (κ2) is 9.06. The molecule has 0 unspecified atom stereocenters. The molecule has 1 aromatic carbocycles. The molecule has 7 rings (SSSR count). The summed E-state index contributed by atoms with van der Waals surface area (Å²) in [7, 11) is 0. The summed E-state index contributed by atoms with van der Waals surface area (Å²) in [5.74, 6) is 1.99. The van der Waals surface area contributed by atoms with E-state index < -0.39 is 5.97 Å². The average Bonchev–Trinajstić information content (AvgIpc) is 3.27. The molecule has 1 amide bonds. The van der Waals surface area contributed by atoms with Gasteiger partial charge in [-0.3, -0.25) is 4.79 Å². The van der Waals surface area contributed by atoms with Gasteiger partial charge in [-0.25, -0.2) is 9.78 Å². The summed E-state index contributed by atoms with van der Waals surface area (Å²) in [5, 5.41) is 12.1. The fourth-order valence-corrected chi connectivity index (χ4v) is 7.24. The van der Waals surface area contributed by atoms with Crippen LogP contribution >= 0.6 is 0 Å². The molecule has 4 bridgehead atoms. The van der Waals surface area contributed by atoms with Crippen molar-refractivity contribution in [3.05, 3.63) is 47.0 Å². The number of anilines is 1. The molecular weight excluding hydrogens is 446 g/mol. The number of aromatic amines is 1. The smallest absolute Gasteiger partial charge is 0.335 e. The topological polar surface area (TPSA) is 114 Å². The molecule has 1 aromatic heterocycles. The minimum absolute atomic E-state index is 0.0672. The molecule has 1 saturated heterocycles. The summed E-state index contributed by atoms with van der Waals surface area (Å²) >= 11 is 0. The molecule has 4 saturated carbocycles. The Morgan fingerprint density at radius 2 is 1.80 bits per heavy atom. The highest BCUT2D eigenvalue weighted by molar-refractivity contribution is 6.04. The number of imidazole rings is 1. The lowest BCUT2D eigenvalue weighted by atomic mass is 9.54. The van der Waals surface area contributed by atoms with Crippen LogP contribution in [0.1, 0.15) is 89.6 Å². The number of aromatic nitrogens is 2. The maximum Gasteiger partial charge on any atom is 0.335 e. The lowest BCUT2D eigenvalue weighted by Crippen LogP contribution is -2.51. The van der Waals surface area contributed by atoms with Gasteiger partial charge in [-0.15, -0.1) is 0 Å². The fraction of sp³-hybridized carbons (Fsp3) is 0.593. The predicted molar refractivity (Wildman–Crippen MR) is 128 cm³/mol. The Morgan fingerprint density at radius 1 is 1.11 bits per heavy atom. The van der Waals surface area contributed by atoms with Gasteiger partial charge in [0.2, 0.25) is 0 Å². The number of carbonyl (C=O) groups is 2. The molecule has 3 N–H and O–H groups in total. The van der Waals surface area contributed by atoms with Gasteiger partial charge >= 0.3 is 5.97 Å². The summed E-state index contributed by atoms with van der Waals surface area (Å²) in [4.78, 5) is 32.8. The van der Waals surface area contributed by atoms with Gasteiger partial charge in [0.05, 0.1) is 23.5 Å². The number of nitrogens with one attached hydrogen (secondary N) is 2. The largest absolute Gasteiger partial charge is 0.478 e. The summed E-state index contributed by atoms with van der Waals surface area (Å²) in [6, 6.07) is 6.26. The van der Waals surface area contributed by atoms with Crippen LogP contribution in [0.5, 0.6) is 0 Å². The number of benzene rings is 1. The Bertz CT molecular complexity index is 1080. The number of carboxylic acids is 1. The normalized spacial score (nSPS) is 29.9. The Balaban J connectivity index is 1.24. The van der Waals surface area contributed by atoms with E-state index in [1.54, 1.807) is 12.1 Å². The third-order valence-corrected chi connectivity index (χ3v) is 8.49. The molecule has 8 nitrogen and oxygen atoms in total. The number of nitrogens with zero attached hydrogens (tertiary/aromatic N) is 1. The first-order chi connectivity index (χ1) is 17.0. The van der Waals surface area contributed by atoms with Crippen molar-refractivity contribution in [2.24, 2.45) is 17.8 Å². The van der Waals surface area contributed by atoms with Crippen LogP contribution in [-0.2, 0) is 16.1 Å². The van der Waals surface area contributed by atoms with E-state index in [1.165, 1.54) is 31.4 Å². The molecular formula is C27H33N3O5. The van der Waals surface area contributed by atoms with E-state index in [0.717, 1.165) is 55.7 Å². The zero-order valence-corrected chi connectivity index (χ0v) is 19.9. The molecule has 2 aromatic rings. The molecule has 5 aliphatic rings. The van der Waals surface area contributed by atoms with Crippen molar-refractivity contribution < 1.29 is 24.2 Å². The van der Waals surface area contributed by atoms with Crippen LogP contribution in [0.3, 0.4) is 0 Å². The Labute approximate surface area is 204 Å². The molecule has 0 atom stereocenters.